The van der Waals surface area contributed by atoms with Gasteiger partial charge in [-0.1, -0.05) is 19.8 Å². The third kappa shape index (κ3) is 2.68. The van der Waals surface area contributed by atoms with Crippen LogP contribution < -0.4 is 5.32 Å². The van der Waals surface area contributed by atoms with Gasteiger partial charge in [-0.3, -0.25) is 4.90 Å². The van der Waals surface area contributed by atoms with Crippen LogP contribution in [0.1, 0.15) is 51.9 Å². The molecule has 2 nitrogen and oxygen atoms in total. The van der Waals surface area contributed by atoms with E-state index in [0.29, 0.717) is 5.41 Å². The molecule has 3 aliphatic rings. The first kappa shape index (κ1) is 12.0. The number of rotatable bonds is 4. The Morgan fingerprint density at radius 3 is 2.65 bits per heavy atom. The molecule has 0 aromatic carbocycles. The van der Waals surface area contributed by atoms with Crippen LogP contribution in [0.25, 0.3) is 0 Å². The second-order valence-electron chi connectivity index (χ2n) is 6.69. The normalized spacial score (nSPS) is 34.1. The summed E-state index contributed by atoms with van der Waals surface area (Å²) >= 11 is 0. The number of hydrogen-bond donors (Lipinski definition) is 1. The summed E-state index contributed by atoms with van der Waals surface area (Å²) in [5.74, 6) is 1.01. The molecule has 2 aliphatic carbocycles. The molecule has 1 aliphatic heterocycles. The topological polar surface area (TPSA) is 15.3 Å². The van der Waals surface area contributed by atoms with Gasteiger partial charge in [0, 0.05) is 32.2 Å². The lowest BCUT2D eigenvalue weighted by Gasteiger charge is -2.40. The Morgan fingerprint density at radius 2 is 2.00 bits per heavy atom. The number of nitrogens with zero attached hydrogens (tertiary/aromatic N) is 1. The van der Waals surface area contributed by atoms with Crippen LogP contribution in [0.3, 0.4) is 0 Å². The summed E-state index contributed by atoms with van der Waals surface area (Å²) < 4.78 is 0. The molecule has 0 aromatic rings. The molecule has 2 saturated carbocycles. The van der Waals surface area contributed by atoms with Crippen molar-refractivity contribution in [3.8, 4) is 0 Å². The van der Waals surface area contributed by atoms with E-state index in [1.165, 1.54) is 71.1 Å². The molecule has 1 atom stereocenters. The van der Waals surface area contributed by atoms with Crippen LogP contribution in [0.4, 0.5) is 0 Å². The largest absolute Gasteiger partial charge is 0.311 e. The first-order valence-electron chi connectivity index (χ1n) is 7.77. The van der Waals surface area contributed by atoms with E-state index in [1.54, 1.807) is 0 Å². The molecule has 3 rings (SSSR count). The molecule has 1 heterocycles. The maximum Gasteiger partial charge on any atom is 0.0223 e. The van der Waals surface area contributed by atoms with Crippen LogP contribution in [0, 0.1) is 11.3 Å². The van der Waals surface area contributed by atoms with E-state index in [1.807, 2.05) is 0 Å². The monoisotopic (exact) mass is 236 g/mol. The fourth-order valence-corrected chi connectivity index (χ4v) is 4.02. The smallest absolute Gasteiger partial charge is 0.0223 e. The van der Waals surface area contributed by atoms with Gasteiger partial charge in [0.1, 0.15) is 0 Å². The molecule has 1 N–H and O–H groups in total. The van der Waals surface area contributed by atoms with E-state index in [2.05, 4.69) is 17.1 Å². The highest BCUT2D eigenvalue weighted by molar-refractivity contribution is 4.94. The van der Waals surface area contributed by atoms with Crippen molar-refractivity contribution < 1.29 is 0 Å². The highest BCUT2D eigenvalue weighted by Crippen LogP contribution is 2.42. The quantitative estimate of drug-likeness (QED) is 0.807. The van der Waals surface area contributed by atoms with Gasteiger partial charge in [-0.05, 0) is 43.4 Å². The van der Waals surface area contributed by atoms with Crippen molar-refractivity contribution in [2.75, 3.05) is 26.2 Å². The maximum absolute atomic E-state index is 3.72. The van der Waals surface area contributed by atoms with Crippen LogP contribution in [0.2, 0.25) is 0 Å². The van der Waals surface area contributed by atoms with Gasteiger partial charge in [0.05, 0.1) is 0 Å². The molecule has 17 heavy (non-hydrogen) atoms. The van der Waals surface area contributed by atoms with Gasteiger partial charge in [-0.2, -0.15) is 0 Å². The Bertz CT molecular complexity index is 254. The molecular weight excluding hydrogens is 208 g/mol. The van der Waals surface area contributed by atoms with Crippen molar-refractivity contribution in [3.05, 3.63) is 0 Å². The molecule has 0 aromatic heterocycles. The van der Waals surface area contributed by atoms with Crippen molar-refractivity contribution >= 4 is 0 Å². The summed E-state index contributed by atoms with van der Waals surface area (Å²) in [7, 11) is 0. The van der Waals surface area contributed by atoms with E-state index < -0.39 is 0 Å². The Morgan fingerprint density at radius 1 is 1.24 bits per heavy atom. The first-order chi connectivity index (χ1) is 8.31. The van der Waals surface area contributed by atoms with Gasteiger partial charge in [-0.25, -0.2) is 0 Å². The van der Waals surface area contributed by atoms with E-state index >= 15 is 0 Å². The van der Waals surface area contributed by atoms with Crippen molar-refractivity contribution in [1.29, 1.82) is 0 Å². The van der Waals surface area contributed by atoms with Gasteiger partial charge in [0.15, 0.2) is 0 Å². The number of piperazine rings is 1. The zero-order valence-corrected chi connectivity index (χ0v) is 11.4. The molecular formula is C15H28N2. The lowest BCUT2D eigenvalue weighted by Crippen LogP contribution is -2.53. The highest BCUT2D eigenvalue weighted by atomic mass is 15.2. The zero-order chi connectivity index (χ0) is 11.7. The molecule has 3 fully saturated rings. The maximum atomic E-state index is 3.72. The lowest BCUT2D eigenvalue weighted by molar-refractivity contribution is 0.111. The van der Waals surface area contributed by atoms with Gasteiger partial charge in [0.2, 0.25) is 0 Å². The van der Waals surface area contributed by atoms with E-state index in [9.17, 15) is 0 Å². The minimum atomic E-state index is 0.686. The second-order valence-corrected chi connectivity index (χ2v) is 6.69. The Balaban J connectivity index is 1.56. The summed E-state index contributed by atoms with van der Waals surface area (Å²) in [5.41, 5.74) is 0.686. The van der Waals surface area contributed by atoms with Gasteiger partial charge >= 0.3 is 0 Å². The molecule has 0 amide bonds. The minimum Gasteiger partial charge on any atom is -0.311 e. The SMILES string of the molecule is CCC1(CN2CCNC(C3CC3)C2)CCCC1. The average Bonchev–Trinajstić information content (AvgIpc) is 3.11. The van der Waals surface area contributed by atoms with Crippen molar-refractivity contribution in [2.45, 2.75) is 57.9 Å². The Kier molecular flexibility index (Phi) is 3.45. The number of hydrogen-bond acceptors (Lipinski definition) is 2. The third-order valence-electron chi connectivity index (χ3n) is 5.45. The summed E-state index contributed by atoms with van der Waals surface area (Å²) in [6.45, 7) is 7.62. The summed E-state index contributed by atoms with van der Waals surface area (Å²) in [6.07, 6.45) is 10.3. The Hall–Kier alpha value is -0.0800. The van der Waals surface area contributed by atoms with Crippen LogP contribution in [0.5, 0.6) is 0 Å². The van der Waals surface area contributed by atoms with Gasteiger partial charge in [-0.15, -0.1) is 0 Å². The molecule has 0 radical (unpaired) electrons. The minimum absolute atomic E-state index is 0.686. The summed E-state index contributed by atoms with van der Waals surface area (Å²) in [6, 6.07) is 0.819. The van der Waals surface area contributed by atoms with E-state index in [4.69, 9.17) is 0 Å². The zero-order valence-electron chi connectivity index (χ0n) is 11.4. The predicted octanol–water partition coefficient (Wildman–Crippen LogP) is 2.64. The van der Waals surface area contributed by atoms with Gasteiger partial charge < -0.3 is 5.32 Å². The molecule has 98 valence electrons. The summed E-state index contributed by atoms with van der Waals surface area (Å²) in [4.78, 5) is 2.77. The van der Waals surface area contributed by atoms with Crippen LogP contribution in [-0.2, 0) is 0 Å². The first-order valence-corrected chi connectivity index (χ1v) is 7.77. The number of nitrogens with one attached hydrogen (secondary N) is 1. The average molecular weight is 236 g/mol. The van der Waals surface area contributed by atoms with E-state index in [-0.39, 0.29) is 0 Å². The van der Waals surface area contributed by atoms with Crippen molar-refractivity contribution in [3.63, 3.8) is 0 Å². The van der Waals surface area contributed by atoms with Crippen LogP contribution in [0.15, 0.2) is 0 Å². The third-order valence-corrected chi connectivity index (χ3v) is 5.45. The Labute approximate surface area is 106 Å². The molecule has 2 heteroatoms. The molecule has 1 saturated heterocycles. The lowest BCUT2D eigenvalue weighted by atomic mass is 9.82. The fraction of sp³-hybridized carbons (Fsp3) is 1.00. The highest BCUT2D eigenvalue weighted by Gasteiger charge is 2.38. The van der Waals surface area contributed by atoms with Crippen molar-refractivity contribution in [1.82, 2.24) is 10.2 Å². The second kappa shape index (κ2) is 4.89. The summed E-state index contributed by atoms with van der Waals surface area (Å²) in [5, 5.41) is 3.72. The standard InChI is InChI=1S/C15H28N2/c1-2-15(7-3-4-8-15)12-17-10-9-16-14(11-17)13-5-6-13/h13-14,16H,2-12H2,1H3. The fourth-order valence-electron chi connectivity index (χ4n) is 4.02. The van der Waals surface area contributed by atoms with E-state index in [0.717, 1.165) is 12.0 Å². The predicted molar refractivity (Wildman–Crippen MR) is 72.1 cm³/mol. The molecule has 1 unspecified atom stereocenters. The van der Waals surface area contributed by atoms with Crippen molar-refractivity contribution in [2.24, 2.45) is 11.3 Å². The molecule has 0 spiro atoms. The molecule has 0 bridgehead atoms. The van der Waals surface area contributed by atoms with Crippen LogP contribution >= 0.6 is 0 Å². The van der Waals surface area contributed by atoms with Gasteiger partial charge in [0.25, 0.3) is 0 Å². The van der Waals surface area contributed by atoms with Crippen LogP contribution in [-0.4, -0.2) is 37.1 Å².